The van der Waals surface area contributed by atoms with Gasteiger partial charge in [-0.05, 0) is 31.7 Å². The minimum atomic E-state index is -1.33. The molecule has 0 aromatic heterocycles. The maximum Gasteiger partial charge on any atom is 0.313 e. The predicted molar refractivity (Wildman–Crippen MR) is 156 cm³/mol. The number of ether oxygens (including phenoxy) is 2. The molecule has 5 bridgehead atoms. The topological polar surface area (TPSA) is 125 Å². The highest BCUT2D eigenvalue weighted by molar-refractivity contribution is 5.99. The smallest absolute Gasteiger partial charge is 0.313 e. The number of β-amino-alcohol motifs (C(OH)–C–C–N with tert-alkyl or cyclic N) is 1. The van der Waals surface area contributed by atoms with E-state index in [-0.39, 0.29) is 43.3 Å². The minimum Gasteiger partial charge on any atom is -0.455 e. The van der Waals surface area contributed by atoms with Gasteiger partial charge in [-0.25, -0.2) is 0 Å². The van der Waals surface area contributed by atoms with Gasteiger partial charge < -0.3 is 29.7 Å². The van der Waals surface area contributed by atoms with E-state index in [0.29, 0.717) is 18.5 Å². The maximum absolute atomic E-state index is 14.6. The summed E-state index contributed by atoms with van der Waals surface area (Å²) in [7, 11) is 0. The van der Waals surface area contributed by atoms with E-state index >= 15 is 0 Å². The Morgan fingerprint density at radius 1 is 1.02 bits per heavy atom. The zero-order valence-corrected chi connectivity index (χ0v) is 24.6. The molecule has 1 spiro atoms. The van der Waals surface area contributed by atoms with Crippen molar-refractivity contribution in [2.75, 3.05) is 19.7 Å². The molecule has 0 unspecified atom stereocenters. The molecule has 4 aliphatic heterocycles. The molecule has 2 saturated heterocycles. The number of carbonyl (C=O) groups excluding carboxylic acids is 4. The lowest BCUT2D eigenvalue weighted by molar-refractivity contribution is -0.161. The standard InChI is InChI=1S/C33H41N3O7/c1-21-28(22-11-5-2-6-12-22)42-32(41)26-24-16-17-33(43-24)27(26)30(39)36(19-20-37)29(33)31(40)35(23-13-7-3-8-14-23)18-10-4-9-15-25(38)34-21/h2,4-6,10-12,16-17,21,23-24,26-29,37H,3,7-9,13-15,18-20H2,1H3,(H,34,38)/b10-4-/t21-,24+,26-,27-,28+,29+,33-/m0/s1. The van der Waals surface area contributed by atoms with Crippen LogP contribution in [0.5, 0.6) is 0 Å². The van der Waals surface area contributed by atoms with E-state index in [4.69, 9.17) is 9.47 Å². The van der Waals surface area contributed by atoms with Crippen LogP contribution in [-0.2, 0) is 28.7 Å². The second kappa shape index (κ2) is 12.2. The zero-order valence-electron chi connectivity index (χ0n) is 24.6. The number of likely N-dealkylation sites (tertiary alicyclic amines) is 1. The number of rotatable bonds is 4. The predicted octanol–water partition coefficient (Wildman–Crippen LogP) is 2.43. The highest BCUT2D eigenvalue weighted by Crippen LogP contribution is 2.56. The molecular formula is C33H41N3O7. The molecule has 1 aromatic rings. The number of cyclic esters (lactones) is 1. The monoisotopic (exact) mass is 591 g/mol. The number of hydrogen-bond donors (Lipinski definition) is 2. The van der Waals surface area contributed by atoms with Crippen LogP contribution in [0.3, 0.4) is 0 Å². The Morgan fingerprint density at radius 2 is 1.79 bits per heavy atom. The Balaban J connectivity index is 1.40. The lowest BCUT2D eigenvalue weighted by Crippen LogP contribution is -2.58. The molecule has 6 rings (SSSR count). The number of aliphatic hydroxyl groups excluding tert-OH is 1. The Morgan fingerprint density at radius 3 is 2.53 bits per heavy atom. The van der Waals surface area contributed by atoms with Crippen molar-refractivity contribution in [3.8, 4) is 0 Å². The number of nitrogens with one attached hydrogen (secondary N) is 1. The number of allylic oxidation sites excluding steroid dienone is 1. The summed E-state index contributed by atoms with van der Waals surface area (Å²) in [5.41, 5.74) is -0.615. The third-order valence-electron chi connectivity index (χ3n) is 9.74. The Labute approximate surface area is 252 Å². The fourth-order valence-electron chi connectivity index (χ4n) is 7.76. The molecule has 10 heteroatoms. The van der Waals surface area contributed by atoms with Gasteiger partial charge in [-0.1, -0.05) is 73.9 Å². The SMILES string of the molecule is C[C@@H]1NC(=O)CC/C=C\CN(C2CCCCC2)C(=O)[C@H]2N(CCO)C(=O)[C@@H]3[C@@H](C(=O)O[C@H]1c1ccccc1)[C@H]1C=C[C@]32O1. The minimum absolute atomic E-state index is 0.00800. The van der Waals surface area contributed by atoms with Gasteiger partial charge in [0.1, 0.15) is 23.7 Å². The van der Waals surface area contributed by atoms with E-state index in [0.717, 1.165) is 32.1 Å². The van der Waals surface area contributed by atoms with Crippen LogP contribution in [0.1, 0.15) is 63.5 Å². The van der Waals surface area contributed by atoms with Crippen LogP contribution in [-0.4, -0.2) is 88.1 Å². The molecule has 230 valence electrons. The van der Waals surface area contributed by atoms with Crippen molar-refractivity contribution in [3.63, 3.8) is 0 Å². The molecule has 43 heavy (non-hydrogen) atoms. The lowest BCUT2D eigenvalue weighted by Gasteiger charge is -2.40. The summed E-state index contributed by atoms with van der Waals surface area (Å²) in [5.74, 6) is -3.34. The highest BCUT2D eigenvalue weighted by Gasteiger charge is 2.73. The molecule has 3 fully saturated rings. The number of esters is 1. The van der Waals surface area contributed by atoms with Crippen LogP contribution in [0.25, 0.3) is 0 Å². The van der Waals surface area contributed by atoms with Gasteiger partial charge in [-0.2, -0.15) is 0 Å². The van der Waals surface area contributed by atoms with Crippen molar-refractivity contribution in [2.45, 2.75) is 87.8 Å². The fourth-order valence-corrected chi connectivity index (χ4v) is 7.76. The summed E-state index contributed by atoms with van der Waals surface area (Å²) in [6.07, 6.45) is 11.5. The average Bonchev–Trinajstić information content (AvgIpc) is 3.65. The van der Waals surface area contributed by atoms with E-state index in [1.165, 1.54) is 4.90 Å². The van der Waals surface area contributed by atoms with E-state index in [1.54, 1.807) is 19.1 Å². The normalized spacial score (nSPS) is 36.0. The van der Waals surface area contributed by atoms with E-state index in [1.807, 2.05) is 47.4 Å². The van der Waals surface area contributed by atoms with Crippen LogP contribution >= 0.6 is 0 Å². The van der Waals surface area contributed by atoms with Gasteiger partial charge in [0.05, 0.1) is 24.7 Å². The number of fused-ring (bicyclic) bond motifs is 2. The van der Waals surface area contributed by atoms with Gasteiger partial charge >= 0.3 is 5.97 Å². The Kier molecular flexibility index (Phi) is 8.42. The number of amides is 3. The third-order valence-corrected chi connectivity index (χ3v) is 9.74. The highest BCUT2D eigenvalue weighted by atomic mass is 16.6. The molecule has 0 radical (unpaired) electrons. The second-order valence-corrected chi connectivity index (χ2v) is 12.4. The summed E-state index contributed by atoms with van der Waals surface area (Å²) in [6.45, 7) is 1.78. The Bertz CT molecular complexity index is 1290. The van der Waals surface area contributed by atoms with Gasteiger partial charge in [0.15, 0.2) is 0 Å². The van der Waals surface area contributed by atoms with Crippen molar-refractivity contribution < 1.29 is 33.8 Å². The molecule has 10 nitrogen and oxygen atoms in total. The molecule has 1 saturated carbocycles. The first-order valence-electron chi connectivity index (χ1n) is 15.6. The first-order chi connectivity index (χ1) is 20.9. The summed E-state index contributed by atoms with van der Waals surface area (Å²) in [5, 5.41) is 12.9. The van der Waals surface area contributed by atoms with Crippen molar-refractivity contribution in [1.29, 1.82) is 0 Å². The largest absolute Gasteiger partial charge is 0.455 e. The molecule has 4 heterocycles. The van der Waals surface area contributed by atoms with Crippen molar-refractivity contribution in [2.24, 2.45) is 11.8 Å². The maximum atomic E-state index is 14.6. The van der Waals surface area contributed by atoms with E-state index in [2.05, 4.69) is 5.32 Å². The number of hydrogen-bond acceptors (Lipinski definition) is 7. The molecule has 5 aliphatic rings. The lowest BCUT2D eigenvalue weighted by atomic mass is 9.74. The number of nitrogens with zero attached hydrogens (tertiary/aromatic N) is 2. The van der Waals surface area contributed by atoms with E-state index < -0.39 is 47.7 Å². The first-order valence-corrected chi connectivity index (χ1v) is 15.6. The zero-order chi connectivity index (χ0) is 30.1. The second-order valence-electron chi connectivity index (χ2n) is 12.4. The van der Waals surface area contributed by atoms with Crippen molar-refractivity contribution in [3.05, 3.63) is 60.2 Å². The van der Waals surface area contributed by atoms with E-state index in [9.17, 15) is 24.3 Å². The van der Waals surface area contributed by atoms with Gasteiger partial charge in [0.25, 0.3) is 0 Å². The number of carbonyl (C=O) groups is 4. The molecular weight excluding hydrogens is 550 g/mol. The van der Waals surface area contributed by atoms with Crippen LogP contribution < -0.4 is 5.32 Å². The summed E-state index contributed by atoms with van der Waals surface area (Å²) >= 11 is 0. The molecule has 7 atom stereocenters. The summed E-state index contributed by atoms with van der Waals surface area (Å²) in [4.78, 5) is 58.9. The molecule has 3 amide bonds. The van der Waals surface area contributed by atoms with Crippen LogP contribution in [0, 0.1) is 11.8 Å². The van der Waals surface area contributed by atoms with Crippen LogP contribution in [0.15, 0.2) is 54.6 Å². The van der Waals surface area contributed by atoms with Crippen LogP contribution in [0.2, 0.25) is 0 Å². The summed E-state index contributed by atoms with van der Waals surface area (Å²) < 4.78 is 12.6. The molecule has 1 aliphatic carbocycles. The van der Waals surface area contributed by atoms with Crippen molar-refractivity contribution >= 4 is 23.7 Å². The quantitative estimate of drug-likeness (QED) is 0.407. The fraction of sp³-hybridized carbons (Fsp3) is 0.576. The molecule has 1 aromatic carbocycles. The van der Waals surface area contributed by atoms with Gasteiger partial charge in [-0.3, -0.25) is 19.2 Å². The van der Waals surface area contributed by atoms with Crippen LogP contribution in [0.4, 0.5) is 0 Å². The van der Waals surface area contributed by atoms with Gasteiger partial charge in [0, 0.05) is 25.6 Å². The number of aliphatic hydroxyl groups is 1. The van der Waals surface area contributed by atoms with Crippen molar-refractivity contribution in [1.82, 2.24) is 15.1 Å². The first kappa shape index (κ1) is 29.6. The molecule has 2 N–H and O–H groups in total. The Hall–Kier alpha value is -3.50. The van der Waals surface area contributed by atoms with Gasteiger partial charge in [0.2, 0.25) is 17.7 Å². The third kappa shape index (κ3) is 5.29. The number of benzene rings is 1. The summed E-state index contributed by atoms with van der Waals surface area (Å²) in [6, 6.07) is 7.67. The van der Waals surface area contributed by atoms with Gasteiger partial charge in [-0.15, -0.1) is 0 Å². The average molecular weight is 592 g/mol.